The standard InChI is InChI=1S/C18H14O2.2C6H6O.H3O4P/c19-15-12-10-14(11-13-15)17-8-4-5-9-18(17)20-16-6-2-1-3-7-16;2*7-6-4-2-1-3-5-6;1-5(2,3)4/h1-13,19H;2*1-5,7H;(H3,1,2,3,4). The number of para-hydroxylation sites is 4. The second-order valence-corrected chi connectivity index (χ2v) is 8.67. The zero-order valence-electron chi connectivity index (χ0n) is 20.7. The lowest BCUT2D eigenvalue weighted by Crippen LogP contribution is -1.87. The van der Waals surface area contributed by atoms with E-state index in [0.29, 0.717) is 11.5 Å². The molecule has 5 aromatic carbocycles. The Morgan fingerprint density at radius 1 is 0.462 bits per heavy atom. The van der Waals surface area contributed by atoms with Gasteiger partial charge in [-0.25, -0.2) is 4.57 Å². The van der Waals surface area contributed by atoms with E-state index < -0.39 is 7.82 Å². The van der Waals surface area contributed by atoms with Crippen molar-refractivity contribution in [1.82, 2.24) is 0 Å². The van der Waals surface area contributed by atoms with Crippen LogP contribution in [-0.2, 0) is 4.57 Å². The van der Waals surface area contributed by atoms with Gasteiger partial charge in [0.1, 0.15) is 28.7 Å². The summed E-state index contributed by atoms with van der Waals surface area (Å²) in [5.74, 6) is 2.50. The second-order valence-electron chi connectivity index (χ2n) is 7.64. The Morgan fingerprint density at radius 2 is 0.821 bits per heavy atom. The quantitative estimate of drug-likeness (QED) is 0.136. The summed E-state index contributed by atoms with van der Waals surface area (Å²) >= 11 is 0. The van der Waals surface area contributed by atoms with E-state index in [-0.39, 0.29) is 5.75 Å². The molecule has 6 N–H and O–H groups in total. The number of phenolic OH excluding ortho intramolecular Hbond substituents is 3. The molecule has 9 heteroatoms. The fourth-order valence-corrected chi connectivity index (χ4v) is 2.91. The largest absolute Gasteiger partial charge is 0.508 e. The number of phosphoric acid groups is 1. The molecule has 0 aliphatic rings. The molecule has 5 aromatic rings. The highest BCUT2D eigenvalue weighted by molar-refractivity contribution is 7.45. The van der Waals surface area contributed by atoms with Crippen LogP contribution in [0.4, 0.5) is 0 Å². The van der Waals surface area contributed by atoms with E-state index in [4.69, 9.17) is 34.2 Å². The Labute approximate surface area is 226 Å². The van der Waals surface area contributed by atoms with E-state index in [2.05, 4.69) is 0 Å². The van der Waals surface area contributed by atoms with Crippen molar-refractivity contribution in [2.45, 2.75) is 0 Å². The molecule has 5 rings (SSSR count). The minimum absolute atomic E-state index is 0.259. The number of phenols is 3. The Hall–Kier alpha value is -4.59. The first-order valence-electron chi connectivity index (χ1n) is 11.5. The average molecular weight is 549 g/mol. The molecule has 0 unspecified atom stereocenters. The fourth-order valence-electron chi connectivity index (χ4n) is 2.91. The molecule has 202 valence electrons. The van der Waals surface area contributed by atoms with Gasteiger partial charge in [-0.2, -0.15) is 0 Å². The molecule has 0 aliphatic heterocycles. The fraction of sp³-hybridized carbons (Fsp3) is 0. The predicted molar refractivity (Wildman–Crippen MR) is 151 cm³/mol. The normalized spacial score (nSPS) is 9.82. The summed E-state index contributed by atoms with van der Waals surface area (Å²) < 4.78 is 14.8. The van der Waals surface area contributed by atoms with Gasteiger partial charge in [0, 0.05) is 5.56 Å². The van der Waals surface area contributed by atoms with E-state index in [9.17, 15) is 5.11 Å². The zero-order chi connectivity index (χ0) is 28.5. The van der Waals surface area contributed by atoms with E-state index >= 15 is 0 Å². The third-order valence-electron chi connectivity index (χ3n) is 4.55. The maximum atomic E-state index is 9.38. The number of aromatic hydroxyl groups is 3. The topological polar surface area (TPSA) is 148 Å². The first kappa shape index (κ1) is 30.6. The van der Waals surface area contributed by atoms with Crippen LogP contribution in [0.1, 0.15) is 0 Å². The minimum atomic E-state index is -4.64. The summed E-state index contributed by atoms with van der Waals surface area (Å²) in [5, 5.41) is 26.6. The molecule has 0 heterocycles. The van der Waals surface area contributed by atoms with E-state index in [1.807, 2.05) is 78.9 Å². The van der Waals surface area contributed by atoms with Crippen molar-refractivity contribution >= 4 is 7.82 Å². The van der Waals surface area contributed by atoms with Crippen LogP contribution >= 0.6 is 7.82 Å². The van der Waals surface area contributed by atoms with Crippen molar-refractivity contribution in [2.75, 3.05) is 0 Å². The molecule has 0 fully saturated rings. The first-order valence-corrected chi connectivity index (χ1v) is 13.1. The van der Waals surface area contributed by atoms with Gasteiger partial charge in [-0.1, -0.05) is 84.9 Å². The maximum Gasteiger partial charge on any atom is 0.466 e. The van der Waals surface area contributed by atoms with Gasteiger partial charge in [-0.3, -0.25) is 0 Å². The summed E-state index contributed by atoms with van der Waals surface area (Å²) in [6.07, 6.45) is 0. The van der Waals surface area contributed by atoms with Gasteiger partial charge in [-0.05, 0) is 60.2 Å². The molecule has 0 amide bonds. The van der Waals surface area contributed by atoms with Crippen LogP contribution in [-0.4, -0.2) is 30.0 Å². The lowest BCUT2D eigenvalue weighted by Gasteiger charge is -2.11. The Kier molecular flexibility index (Phi) is 12.8. The van der Waals surface area contributed by atoms with E-state index in [1.54, 1.807) is 60.7 Å². The predicted octanol–water partition coefficient (Wildman–Crippen LogP) is 6.71. The van der Waals surface area contributed by atoms with Crippen molar-refractivity contribution < 1.29 is 39.3 Å². The van der Waals surface area contributed by atoms with Crippen LogP contribution in [0.2, 0.25) is 0 Å². The summed E-state index contributed by atoms with van der Waals surface area (Å²) in [5.41, 5.74) is 2.01. The molecular weight excluding hydrogens is 519 g/mol. The van der Waals surface area contributed by atoms with Crippen LogP contribution < -0.4 is 4.74 Å². The van der Waals surface area contributed by atoms with Gasteiger partial charge < -0.3 is 34.7 Å². The lowest BCUT2D eigenvalue weighted by molar-refractivity contribution is 0.275. The second kappa shape index (κ2) is 16.3. The van der Waals surface area contributed by atoms with Crippen molar-refractivity contribution in [3.05, 3.63) is 140 Å². The number of benzene rings is 5. The van der Waals surface area contributed by atoms with Crippen molar-refractivity contribution in [2.24, 2.45) is 0 Å². The van der Waals surface area contributed by atoms with Crippen LogP contribution in [0, 0.1) is 0 Å². The average Bonchev–Trinajstić information content (AvgIpc) is 2.91. The Balaban J connectivity index is 0.000000228. The Morgan fingerprint density at radius 3 is 1.23 bits per heavy atom. The molecule has 8 nitrogen and oxygen atoms in total. The number of hydrogen-bond acceptors (Lipinski definition) is 5. The number of rotatable bonds is 3. The van der Waals surface area contributed by atoms with Gasteiger partial charge in [0.15, 0.2) is 0 Å². The molecule has 0 radical (unpaired) electrons. The van der Waals surface area contributed by atoms with Crippen molar-refractivity contribution in [3.63, 3.8) is 0 Å². The molecule has 0 saturated heterocycles. The maximum absolute atomic E-state index is 9.38. The summed E-state index contributed by atoms with van der Waals surface area (Å²) in [6.45, 7) is 0. The number of ether oxygens (including phenoxy) is 1. The van der Waals surface area contributed by atoms with E-state index in [1.165, 1.54) is 0 Å². The smallest absolute Gasteiger partial charge is 0.466 e. The third-order valence-corrected chi connectivity index (χ3v) is 4.55. The van der Waals surface area contributed by atoms with Gasteiger partial charge in [0.2, 0.25) is 0 Å². The third kappa shape index (κ3) is 14.1. The van der Waals surface area contributed by atoms with Gasteiger partial charge in [-0.15, -0.1) is 0 Å². The highest BCUT2D eigenvalue weighted by Gasteiger charge is 2.06. The first-order chi connectivity index (χ1) is 18.6. The molecule has 0 saturated carbocycles. The molecule has 0 aliphatic carbocycles. The van der Waals surface area contributed by atoms with E-state index in [0.717, 1.165) is 22.6 Å². The SMILES string of the molecule is O=P(O)(O)O.Oc1ccc(-c2ccccc2Oc2ccccc2)cc1.Oc1ccccc1.Oc1ccccc1. The van der Waals surface area contributed by atoms with Gasteiger partial charge in [0.05, 0.1) is 0 Å². The molecule has 0 bridgehead atoms. The van der Waals surface area contributed by atoms with Gasteiger partial charge in [0.25, 0.3) is 0 Å². The van der Waals surface area contributed by atoms with Crippen LogP contribution in [0.3, 0.4) is 0 Å². The molecule has 0 aromatic heterocycles. The molecular formula is C30H29O8P. The minimum Gasteiger partial charge on any atom is -0.508 e. The number of hydrogen-bond donors (Lipinski definition) is 6. The zero-order valence-corrected chi connectivity index (χ0v) is 21.6. The molecule has 0 atom stereocenters. The summed E-state index contributed by atoms with van der Waals surface area (Å²) in [6, 6.07) is 42.1. The van der Waals surface area contributed by atoms with Crippen LogP contribution in [0.15, 0.2) is 140 Å². The Bertz CT molecular complexity index is 1350. The van der Waals surface area contributed by atoms with Gasteiger partial charge >= 0.3 is 7.82 Å². The lowest BCUT2D eigenvalue weighted by atomic mass is 10.0. The molecule has 0 spiro atoms. The highest BCUT2D eigenvalue weighted by atomic mass is 31.2. The monoisotopic (exact) mass is 548 g/mol. The summed E-state index contributed by atoms with van der Waals surface area (Å²) in [7, 11) is -4.64. The molecule has 39 heavy (non-hydrogen) atoms. The highest BCUT2D eigenvalue weighted by Crippen LogP contribution is 2.33. The van der Waals surface area contributed by atoms with Crippen molar-refractivity contribution in [3.8, 4) is 39.9 Å². The van der Waals surface area contributed by atoms with Crippen LogP contribution in [0.5, 0.6) is 28.7 Å². The van der Waals surface area contributed by atoms with Crippen LogP contribution in [0.25, 0.3) is 11.1 Å². The summed E-state index contributed by atoms with van der Waals surface area (Å²) in [4.78, 5) is 21.6. The van der Waals surface area contributed by atoms with Crippen molar-refractivity contribution in [1.29, 1.82) is 0 Å².